The number of hydrogen-bond acceptors (Lipinski definition) is 6. The Morgan fingerprint density at radius 2 is 1.70 bits per heavy atom. The van der Waals surface area contributed by atoms with E-state index in [0.717, 1.165) is 5.69 Å². The Kier molecular flexibility index (Phi) is 8.35. The molecule has 0 saturated carbocycles. The van der Waals surface area contributed by atoms with Crippen LogP contribution in [0, 0.1) is 0 Å². The van der Waals surface area contributed by atoms with E-state index in [1.54, 1.807) is 30.3 Å². The number of ether oxygens (including phenoxy) is 2. The van der Waals surface area contributed by atoms with Gasteiger partial charge in [0.25, 0.3) is 5.91 Å². The maximum atomic E-state index is 12.9. The van der Waals surface area contributed by atoms with Crippen molar-refractivity contribution in [2.45, 2.75) is 13.3 Å². The molecule has 2 aromatic carbocycles. The lowest BCUT2D eigenvalue weighted by Gasteiger charge is -2.37. The van der Waals surface area contributed by atoms with Crippen LogP contribution in [-0.4, -0.2) is 62.2 Å². The molecule has 0 bridgehead atoms. The van der Waals surface area contributed by atoms with E-state index in [1.165, 1.54) is 14.2 Å². The third kappa shape index (κ3) is 5.85. The summed E-state index contributed by atoms with van der Waals surface area (Å²) in [7, 11) is 2.96. The SMILES string of the molecule is CCC(=O)N1CCN(c2ccc(Cl)cc2NC(=S)NC(=O)c2c(OC)cccc2OC)CC1. The van der Waals surface area contributed by atoms with Gasteiger partial charge in [-0.1, -0.05) is 24.6 Å². The average Bonchev–Trinajstić information content (AvgIpc) is 2.83. The fourth-order valence-electron chi connectivity index (χ4n) is 3.70. The fraction of sp³-hybridized carbons (Fsp3) is 0.348. The van der Waals surface area contributed by atoms with Crippen LogP contribution in [0.2, 0.25) is 5.02 Å². The molecule has 3 rings (SSSR count). The maximum Gasteiger partial charge on any atom is 0.264 e. The number of halogens is 1. The molecule has 2 amide bonds. The zero-order valence-electron chi connectivity index (χ0n) is 18.8. The summed E-state index contributed by atoms with van der Waals surface area (Å²) in [6, 6.07) is 10.5. The molecule has 0 aromatic heterocycles. The third-order valence-corrected chi connectivity index (χ3v) is 5.80. The summed E-state index contributed by atoms with van der Waals surface area (Å²) in [5.41, 5.74) is 1.79. The second-order valence-electron chi connectivity index (χ2n) is 7.33. The number of anilines is 2. The Balaban J connectivity index is 1.74. The van der Waals surface area contributed by atoms with Crippen molar-refractivity contribution in [3.05, 3.63) is 47.0 Å². The molecule has 176 valence electrons. The number of carbonyl (C=O) groups is 2. The largest absolute Gasteiger partial charge is 0.496 e. The molecule has 1 fully saturated rings. The number of amides is 2. The second kappa shape index (κ2) is 11.2. The minimum atomic E-state index is -0.461. The minimum absolute atomic E-state index is 0.108. The van der Waals surface area contributed by atoms with Gasteiger partial charge in [-0.3, -0.25) is 14.9 Å². The molecule has 0 radical (unpaired) electrons. The lowest BCUT2D eigenvalue weighted by molar-refractivity contribution is -0.131. The number of benzene rings is 2. The van der Waals surface area contributed by atoms with Gasteiger partial charge in [0, 0.05) is 37.6 Å². The van der Waals surface area contributed by atoms with Crippen LogP contribution in [0.15, 0.2) is 36.4 Å². The lowest BCUT2D eigenvalue weighted by atomic mass is 10.1. The summed E-state index contributed by atoms with van der Waals surface area (Å²) >= 11 is 11.6. The number of hydrogen-bond donors (Lipinski definition) is 2. The number of nitrogens with one attached hydrogen (secondary N) is 2. The highest BCUT2D eigenvalue weighted by molar-refractivity contribution is 7.80. The van der Waals surface area contributed by atoms with Crippen molar-refractivity contribution in [2.24, 2.45) is 0 Å². The molecular formula is C23H27ClN4O4S. The van der Waals surface area contributed by atoms with Crippen LogP contribution in [0.5, 0.6) is 11.5 Å². The fourth-order valence-corrected chi connectivity index (χ4v) is 4.07. The lowest BCUT2D eigenvalue weighted by Crippen LogP contribution is -2.48. The standard InChI is InChI=1S/C23H27ClN4O4S/c1-4-20(29)28-12-10-27(11-13-28)17-9-8-15(24)14-16(17)25-23(33)26-22(30)21-18(31-2)6-5-7-19(21)32-3/h5-9,14H,4,10-13H2,1-3H3,(H2,25,26,30,33). The topological polar surface area (TPSA) is 83.1 Å². The molecular weight excluding hydrogens is 464 g/mol. The van der Waals surface area contributed by atoms with Crippen molar-refractivity contribution in [1.29, 1.82) is 0 Å². The molecule has 0 aliphatic carbocycles. The normalized spacial score (nSPS) is 13.3. The van der Waals surface area contributed by atoms with E-state index in [0.29, 0.717) is 54.8 Å². The molecule has 0 unspecified atom stereocenters. The molecule has 2 N–H and O–H groups in total. The molecule has 0 atom stereocenters. The Hall–Kier alpha value is -3.04. The number of piperazine rings is 1. The molecule has 8 nitrogen and oxygen atoms in total. The van der Waals surface area contributed by atoms with Gasteiger partial charge in [-0.15, -0.1) is 0 Å². The van der Waals surface area contributed by atoms with Crippen LogP contribution in [0.25, 0.3) is 0 Å². The van der Waals surface area contributed by atoms with E-state index in [4.69, 9.17) is 33.3 Å². The van der Waals surface area contributed by atoms with Crippen LogP contribution < -0.4 is 25.0 Å². The molecule has 2 aromatic rings. The Morgan fingerprint density at radius 1 is 1.06 bits per heavy atom. The van der Waals surface area contributed by atoms with Gasteiger partial charge in [-0.2, -0.15) is 0 Å². The number of rotatable bonds is 6. The van der Waals surface area contributed by atoms with Crippen molar-refractivity contribution < 1.29 is 19.1 Å². The first-order valence-electron chi connectivity index (χ1n) is 10.5. The van der Waals surface area contributed by atoms with Crippen LogP contribution in [0.3, 0.4) is 0 Å². The van der Waals surface area contributed by atoms with Gasteiger partial charge in [0.15, 0.2) is 5.11 Å². The van der Waals surface area contributed by atoms with Gasteiger partial charge >= 0.3 is 0 Å². The van der Waals surface area contributed by atoms with Crippen LogP contribution >= 0.6 is 23.8 Å². The highest BCUT2D eigenvalue weighted by Crippen LogP contribution is 2.31. The maximum absolute atomic E-state index is 12.9. The smallest absolute Gasteiger partial charge is 0.264 e. The van der Waals surface area contributed by atoms with E-state index in [9.17, 15) is 9.59 Å². The number of nitrogens with zero attached hydrogens (tertiary/aromatic N) is 2. The van der Waals surface area contributed by atoms with Crippen molar-refractivity contribution >= 4 is 52.1 Å². The first-order chi connectivity index (χ1) is 15.9. The Bertz CT molecular complexity index is 1020. The van der Waals surface area contributed by atoms with Gasteiger partial charge in [0.05, 0.1) is 25.6 Å². The minimum Gasteiger partial charge on any atom is -0.496 e. The molecule has 0 spiro atoms. The zero-order valence-corrected chi connectivity index (χ0v) is 20.4. The van der Waals surface area contributed by atoms with E-state index in [2.05, 4.69) is 15.5 Å². The van der Waals surface area contributed by atoms with Crippen molar-refractivity contribution in [3.63, 3.8) is 0 Å². The molecule has 33 heavy (non-hydrogen) atoms. The summed E-state index contributed by atoms with van der Waals surface area (Å²) in [6.45, 7) is 4.51. The van der Waals surface area contributed by atoms with Gasteiger partial charge in [0.1, 0.15) is 17.1 Å². The van der Waals surface area contributed by atoms with E-state index >= 15 is 0 Å². The highest BCUT2D eigenvalue weighted by Gasteiger charge is 2.23. The first kappa shape index (κ1) is 24.6. The average molecular weight is 491 g/mol. The first-order valence-corrected chi connectivity index (χ1v) is 11.3. The predicted molar refractivity (Wildman–Crippen MR) is 134 cm³/mol. The van der Waals surface area contributed by atoms with E-state index in [1.807, 2.05) is 17.9 Å². The monoisotopic (exact) mass is 490 g/mol. The van der Waals surface area contributed by atoms with Gasteiger partial charge in [-0.05, 0) is 42.5 Å². The molecule has 1 aliphatic rings. The molecule has 1 heterocycles. The number of carbonyl (C=O) groups excluding carboxylic acids is 2. The van der Waals surface area contributed by atoms with Gasteiger partial charge in [0.2, 0.25) is 5.91 Å². The van der Waals surface area contributed by atoms with Gasteiger partial charge < -0.3 is 24.6 Å². The van der Waals surface area contributed by atoms with Crippen molar-refractivity contribution in [1.82, 2.24) is 10.2 Å². The second-order valence-corrected chi connectivity index (χ2v) is 8.17. The third-order valence-electron chi connectivity index (χ3n) is 5.36. The number of methoxy groups -OCH3 is 2. The van der Waals surface area contributed by atoms with Crippen LogP contribution in [-0.2, 0) is 4.79 Å². The molecule has 1 aliphatic heterocycles. The summed E-state index contributed by atoms with van der Waals surface area (Å²) in [5.74, 6) is 0.437. The van der Waals surface area contributed by atoms with Crippen LogP contribution in [0.1, 0.15) is 23.7 Å². The molecule has 10 heteroatoms. The molecule has 1 saturated heterocycles. The van der Waals surface area contributed by atoms with E-state index < -0.39 is 5.91 Å². The summed E-state index contributed by atoms with van der Waals surface area (Å²) in [5, 5.41) is 6.40. The van der Waals surface area contributed by atoms with E-state index in [-0.39, 0.29) is 16.6 Å². The van der Waals surface area contributed by atoms with Crippen LogP contribution in [0.4, 0.5) is 11.4 Å². The van der Waals surface area contributed by atoms with Crippen molar-refractivity contribution in [3.8, 4) is 11.5 Å². The van der Waals surface area contributed by atoms with Crippen molar-refractivity contribution in [2.75, 3.05) is 50.6 Å². The Labute approximate surface area is 203 Å². The summed E-state index contributed by atoms with van der Waals surface area (Å²) in [6.07, 6.45) is 0.499. The zero-order chi connectivity index (χ0) is 24.0. The number of thiocarbonyl (C=S) groups is 1. The quantitative estimate of drug-likeness (QED) is 0.599. The van der Waals surface area contributed by atoms with Gasteiger partial charge in [-0.25, -0.2) is 0 Å². The Morgan fingerprint density at radius 3 is 2.27 bits per heavy atom. The summed E-state index contributed by atoms with van der Waals surface area (Å²) in [4.78, 5) is 28.9. The summed E-state index contributed by atoms with van der Waals surface area (Å²) < 4.78 is 10.6. The predicted octanol–water partition coefficient (Wildman–Crippen LogP) is 3.54. The highest BCUT2D eigenvalue weighted by atomic mass is 35.5.